The molecule has 0 aliphatic rings. The second-order valence-electron chi connectivity index (χ2n) is 4.62. The van der Waals surface area contributed by atoms with E-state index < -0.39 is 0 Å². The number of aliphatic hydroxyl groups excluding tert-OH is 1. The van der Waals surface area contributed by atoms with Crippen LogP contribution >= 0.6 is 0 Å². The molecular formula is C11H24N2O2. The minimum absolute atomic E-state index is 0.0114. The van der Waals surface area contributed by atoms with Crippen molar-refractivity contribution in [3.8, 4) is 0 Å². The van der Waals surface area contributed by atoms with Crippen molar-refractivity contribution >= 4 is 6.03 Å². The Kier molecular flexibility index (Phi) is 6.32. The molecule has 90 valence electrons. The van der Waals surface area contributed by atoms with E-state index in [0.29, 0.717) is 5.92 Å². The van der Waals surface area contributed by atoms with Gasteiger partial charge in [-0.2, -0.15) is 0 Å². The molecule has 0 aliphatic heterocycles. The summed E-state index contributed by atoms with van der Waals surface area (Å²) in [4.78, 5) is 13.2. The molecule has 0 saturated carbocycles. The van der Waals surface area contributed by atoms with E-state index in [9.17, 15) is 4.79 Å². The summed E-state index contributed by atoms with van der Waals surface area (Å²) in [7, 11) is 1.69. The zero-order valence-corrected chi connectivity index (χ0v) is 10.4. The molecule has 4 heteroatoms. The van der Waals surface area contributed by atoms with E-state index in [1.165, 1.54) is 4.90 Å². The van der Waals surface area contributed by atoms with Crippen LogP contribution < -0.4 is 5.32 Å². The number of hydrogen-bond donors (Lipinski definition) is 2. The number of likely N-dealkylation sites (N-methyl/N-ethyl adjacent to an activating group) is 1. The molecular weight excluding hydrogens is 192 g/mol. The molecule has 2 atom stereocenters. The van der Waals surface area contributed by atoms with Gasteiger partial charge in [-0.05, 0) is 26.2 Å². The first-order valence-corrected chi connectivity index (χ1v) is 5.52. The van der Waals surface area contributed by atoms with Gasteiger partial charge in [0.25, 0.3) is 0 Å². The van der Waals surface area contributed by atoms with Crippen molar-refractivity contribution in [1.82, 2.24) is 10.2 Å². The highest BCUT2D eigenvalue weighted by Crippen LogP contribution is 2.04. The second kappa shape index (κ2) is 6.67. The quantitative estimate of drug-likeness (QED) is 0.730. The van der Waals surface area contributed by atoms with Gasteiger partial charge < -0.3 is 15.3 Å². The lowest BCUT2D eigenvalue weighted by Gasteiger charge is -2.26. The molecule has 4 nitrogen and oxygen atoms in total. The number of carbonyl (C=O) groups is 1. The molecule has 0 heterocycles. The largest absolute Gasteiger partial charge is 0.394 e. The van der Waals surface area contributed by atoms with E-state index in [0.717, 1.165) is 6.42 Å². The number of rotatable bonds is 5. The molecule has 2 N–H and O–H groups in total. The zero-order chi connectivity index (χ0) is 12.0. The van der Waals surface area contributed by atoms with Crippen molar-refractivity contribution in [2.45, 2.75) is 46.2 Å². The Bertz CT molecular complexity index is 195. The fourth-order valence-corrected chi connectivity index (χ4v) is 1.40. The lowest BCUT2D eigenvalue weighted by atomic mass is 10.1. The molecule has 15 heavy (non-hydrogen) atoms. The average Bonchev–Trinajstić information content (AvgIpc) is 2.13. The topological polar surface area (TPSA) is 52.6 Å². The Labute approximate surface area is 92.7 Å². The molecule has 0 aromatic carbocycles. The summed E-state index contributed by atoms with van der Waals surface area (Å²) >= 11 is 0. The van der Waals surface area contributed by atoms with Crippen LogP contribution in [0.25, 0.3) is 0 Å². The number of carbonyl (C=O) groups excluding carboxylic acids is 1. The van der Waals surface area contributed by atoms with Crippen LogP contribution in [0.1, 0.15) is 34.1 Å². The molecule has 2 amide bonds. The minimum atomic E-state index is -0.142. The first-order chi connectivity index (χ1) is 6.88. The van der Waals surface area contributed by atoms with Gasteiger partial charge >= 0.3 is 6.03 Å². The molecule has 0 aromatic rings. The van der Waals surface area contributed by atoms with Crippen molar-refractivity contribution in [2.24, 2.45) is 5.92 Å². The van der Waals surface area contributed by atoms with Gasteiger partial charge in [0.05, 0.1) is 12.6 Å². The van der Waals surface area contributed by atoms with Crippen molar-refractivity contribution in [3.63, 3.8) is 0 Å². The van der Waals surface area contributed by atoms with Crippen LogP contribution in [0.15, 0.2) is 0 Å². The number of urea groups is 1. The monoisotopic (exact) mass is 216 g/mol. The second-order valence-corrected chi connectivity index (χ2v) is 4.62. The van der Waals surface area contributed by atoms with Gasteiger partial charge in [-0.15, -0.1) is 0 Å². The van der Waals surface area contributed by atoms with Crippen molar-refractivity contribution in [3.05, 3.63) is 0 Å². The predicted molar refractivity (Wildman–Crippen MR) is 61.8 cm³/mol. The van der Waals surface area contributed by atoms with E-state index in [1.807, 2.05) is 13.8 Å². The predicted octanol–water partition coefficient (Wildman–Crippen LogP) is 1.44. The van der Waals surface area contributed by atoms with Crippen LogP contribution in [0.3, 0.4) is 0 Å². The highest BCUT2D eigenvalue weighted by atomic mass is 16.3. The standard InChI is InChI=1S/C11H24N2O2/c1-8(2)6-9(3)12-11(15)13(5)10(4)7-14/h8-10,14H,6-7H2,1-5H3,(H,12,15). The fourth-order valence-electron chi connectivity index (χ4n) is 1.40. The number of aliphatic hydroxyl groups is 1. The molecule has 0 spiro atoms. The van der Waals surface area contributed by atoms with E-state index in [-0.39, 0.29) is 24.7 Å². The van der Waals surface area contributed by atoms with Gasteiger partial charge in [0, 0.05) is 13.1 Å². The van der Waals surface area contributed by atoms with Crippen LogP contribution in [0.2, 0.25) is 0 Å². The van der Waals surface area contributed by atoms with Gasteiger partial charge in [-0.3, -0.25) is 0 Å². The van der Waals surface area contributed by atoms with E-state index in [1.54, 1.807) is 7.05 Å². The average molecular weight is 216 g/mol. The van der Waals surface area contributed by atoms with Crippen LogP contribution in [0.5, 0.6) is 0 Å². The SMILES string of the molecule is CC(C)CC(C)NC(=O)N(C)C(C)CO. The van der Waals surface area contributed by atoms with E-state index in [4.69, 9.17) is 5.11 Å². The third-order valence-corrected chi connectivity index (χ3v) is 2.44. The number of amides is 2. The van der Waals surface area contributed by atoms with Crippen LogP contribution in [0, 0.1) is 5.92 Å². The Morgan fingerprint density at radius 1 is 1.33 bits per heavy atom. The molecule has 0 aromatic heterocycles. The number of nitrogens with one attached hydrogen (secondary N) is 1. The molecule has 0 fully saturated rings. The summed E-state index contributed by atoms with van der Waals surface area (Å²) in [5.41, 5.74) is 0. The van der Waals surface area contributed by atoms with Gasteiger partial charge in [-0.1, -0.05) is 13.8 Å². The first kappa shape index (κ1) is 14.2. The molecule has 0 radical (unpaired) electrons. The highest BCUT2D eigenvalue weighted by Gasteiger charge is 2.16. The summed E-state index contributed by atoms with van der Waals surface area (Å²) in [6.07, 6.45) is 0.965. The summed E-state index contributed by atoms with van der Waals surface area (Å²) in [5, 5.41) is 11.8. The van der Waals surface area contributed by atoms with Crippen molar-refractivity contribution in [1.29, 1.82) is 0 Å². The Morgan fingerprint density at radius 2 is 1.87 bits per heavy atom. The molecule has 0 bridgehead atoms. The lowest BCUT2D eigenvalue weighted by Crippen LogP contribution is -2.47. The summed E-state index contributed by atoms with van der Waals surface area (Å²) < 4.78 is 0. The Morgan fingerprint density at radius 3 is 2.27 bits per heavy atom. The van der Waals surface area contributed by atoms with Gasteiger partial charge in [0.15, 0.2) is 0 Å². The maximum Gasteiger partial charge on any atom is 0.317 e. The lowest BCUT2D eigenvalue weighted by molar-refractivity contribution is 0.154. The maximum atomic E-state index is 11.6. The van der Waals surface area contributed by atoms with Gasteiger partial charge in [0.1, 0.15) is 0 Å². The first-order valence-electron chi connectivity index (χ1n) is 5.52. The zero-order valence-electron chi connectivity index (χ0n) is 10.4. The van der Waals surface area contributed by atoms with Crippen LogP contribution in [-0.4, -0.2) is 41.8 Å². The van der Waals surface area contributed by atoms with Crippen LogP contribution in [-0.2, 0) is 0 Å². The van der Waals surface area contributed by atoms with Crippen molar-refractivity contribution < 1.29 is 9.90 Å². The molecule has 0 rings (SSSR count). The Balaban J connectivity index is 4.01. The third-order valence-electron chi connectivity index (χ3n) is 2.44. The van der Waals surface area contributed by atoms with E-state index >= 15 is 0 Å². The molecule has 0 saturated heterocycles. The molecule has 2 unspecified atom stereocenters. The summed E-state index contributed by atoms with van der Waals surface area (Å²) in [6, 6.07) is -0.0909. The number of hydrogen-bond acceptors (Lipinski definition) is 2. The normalized spacial score (nSPS) is 14.9. The number of nitrogens with zero attached hydrogens (tertiary/aromatic N) is 1. The third kappa shape index (κ3) is 5.62. The van der Waals surface area contributed by atoms with Crippen LogP contribution in [0.4, 0.5) is 4.79 Å². The fraction of sp³-hybridized carbons (Fsp3) is 0.909. The smallest absolute Gasteiger partial charge is 0.317 e. The summed E-state index contributed by atoms with van der Waals surface area (Å²) in [5.74, 6) is 0.570. The van der Waals surface area contributed by atoms with E-state index in [2.05, 4.69) is 19.2 Å². The summed E-state index contributed by atoms with van der Waals surface area (Å²) in [6.45, 7) is 8.05. The van der Waals surface area contributed by atoms with Gasteiger partial charge in [0.2, 0.25) is 0 Å². The Hall–Kier alpha value is -0.770. The maximum absolute atomic E-state index is 11.6. The minimum Gasteiger partial charge on any atom is -0.394 e. The molecule has 0 aliphatic carbocycles. The van der Waals surface area contributed by atoms with Crippen molar-refractivity contribution in [2.75, 3.05) is 13.7 Å². The highest BCUT2D eigenvalue weighted by molar-refractivity contribution is 5.74. The van der Waals surface area contributed by atoms with Gasteiger partial charge in [-0.25, -0.2) is 4.79 Å².